The molecule has 34 heavy (non-hydrogen) atoms. The van der Waals surface area contributed by atoms with Crippen LogP contribution in [0.3, 0.4) is 0 Å². The maximum absolute atomic E-state index is 12.6. The van der Waals surface area contributed by atoms with Crippen LogP contribution in [-0.2, 0) is 14.3 Å². The number of hydrogen-bond donors (Lipinski definition) is 1. The summed E-state index contributed by atoms with van der Waals surface area (Å²) in [6.45, 7) is 3.11. The molecule has 12 heteroatoms. The van der Waals surface area contributed by atoms with E-state index in [1.54, 1.807) is 43.5 Å². The summed E-state index contributed by atoms with van der Waals surface area (Å²) in [7, 11) is 0. The minimum atomic E-state index is -0.679. The highest BCUT2D eigenvalue weighted by Crippen LogP contribution is 2.37. The number of nitrogens with zero attached hydrogens (tertiary/aromatic N) is 4. The number of benzene rings is 1. The number of anilines is 1. The summed E-state index contributed by atoms with van der Waals surface area (Å²) in [6, 6.07) is 9.86. The molecule has 11 nitrogen and oxygen atoms in total. The molecule has 0 saturated carbocycles. The van der Waals surface area contributed by atoms with Crippen molar-refractivity contribution in [2.24, 2.45) is 0 Å². The number of furan rings is 1. The maximum Gasteiger partial charge on any atom is 0.341 e. The van der Waals surface area contributed by atoms with E-state index < -0.39 is 24.5 Å². The van der Waals surface area contributed by atoms with Gasteiger partial charge in [-0.3, -0.25) is 4.79 Å². The van der Waals surface area contributed by atoms with Crippen LogP contribution in [0.2, 0.25) is 0 Å². The molecule has 0 spiro atoms. The first-order chi connectivity index (χ1) is 16.5. The molecule has 0 radical (unpaired) electrons. The van der Waals surface area contributed by atoms with E-state index in [1.165, 1.54) is 23.1 Å². The number of ether oxygens (including phenoxy) is 2. The van der Waals surface area contributed by atoms with Gasteiger partial charge >= 0.3 is 11.9 Å². The predicted octanol–water partition coefficient (Wildman–Crippen LogP) is 3.26. The van der Waals surface area contributed by atoms with E-state index in [4.69, 9.17) is 13.9 Å². The largest absolute Gasteiger partial charge is 0.462 e. The molecule has 1 amide bonds. The Balaban J connectivity index is 1.42. The zero-order valence-corrected chi connectivity index (χ0v) is 19.0. The van der Waals surface area contributed by atoms with Crippen molar-refractivity contribution in [2.45, 2.75) is 13.8 Å². The molecule has 0 aliphatic heterocycles. The Kier molecular flexibility index (Phi) is 6.78. The van der Waals surface area contributed by atoms with Crippen molar-refractivity contribution in [2.75, 3.05) is 18.5 Å². The molecule has 1 aromatic carbocycles. The molecule has 3 aromatic heterocycles. The summed E-state index contributed by atoms with van der Waals surface area (Å²) in [4.78, 5) is 37.3. The summed E-state index contributed by atoms with van der Waals surface area (Å²) >= 11 is 1.14. The van der Waals surface area contributed by atoms with Crippen molar-refractivity contribution in [3.05, 3.63) is 65.0 Å². The van der Waals surface area contributed by atoms with Gasteiger partial charge in [0.2, 0.25) is 0 Å². The third-order valence-electron chi connectivity index (χ3n) is 4.58. The van der Waals surface area contributed by atoms with Crippen molar-refractivity contribution in [3.63, 3.8) is 0 Å². The maximum atomic E-state index is 12.6. The number of tetrazole rings is 1. The smallest absolute Gasteiger partial charge is 0.341 e. The minimum Gasteiger partial charge on any atom is -0.462 e. The summed E-state index contributed by atoms with van der Waals surface area (Å²) in [5.74, 6) is -0.716. The van der Waals surface area contributed by atoms with Gasteiger partial charge in [0, 0.05) is 10.9 Å². The second kappa shape index (κ2) is 10.1. The lowest BCUT2D eigenvalue weighted by molar-refractivity contribution is -0.119. The van der Waals surface area contributed by atoms with Crippen LogP contribution in [0.5, 0.6) is 0 Å². The third kappa shape index (κ3) is 5.02. The average Bonchev–Trinajstić information content (AvgIpc) is 3.59. The van der Waals surface area contributed by atoms with Gasteiger partial charge in [0.05, 0.1) is 17.9 Å². The number of rotatable bonds is 8. The number of nitrogens with one attached hydrogen (secondary N) is 1. The van der Waals surface area contributed by atoms with Crippen LogP contribution in [0, 0.1) is 6.92 Å². The zero-order valence-electron chi connectivity index (χ0n) is 18.2. The summed E-state index contributed by atoms with van der Waals surface area (Å²) < 4.78 is 17.3. The Hall–Kier alpha value is -4.32. The van der Waals surface area contributed by atoms with Crippen LogP contribution in [0.15, 0.2) is 52.5 Å². The molecule has 4 rings (SSSR count). The van der Waals surface area contributed by atoms with Crippen molar-refractivity contribution in [3.8, 4) is 17.0 Å². The van der Waals surface area contributed by atoms with E-state index >= 15 is 0 Å². The fourth-order valence-corrected chi connectivity index (χ4v) is 3.98. The van der Waals surface area contributed by atoms with Crippen LogP contribution in [-0.4, -0.2) is 51.3 Å². The number of carbonyl (C=O) groups excluding carboxylic acids is 3. The first-order valence-electron chi connectivity index (χ1n) is 10.1. The first kappa shape index (κ1) is 22.9. The number of amides is 1. The van der Waals surface area contributed by atoms with Crippen molar-refractivity contribution < 1.29 is 28.3 Å². The number of thiophene rings is 1. The second-order valence-corrected chi connectivity index (χ2v) is 7.79. The Bertz CT molecular complexity index is 1310. The lowest BCUT2D eigenvalue weighted by atomic mass is 10.1. The number of esters is 2. The Morgan fingerprint density at radius 2 is 1.88 bits per heavy atom. The Labute approximate surface area is 197 Å². The highest BCUT2D eigenvalue weighted by molar-refractivity contribution is 7.15. The number of hydrogen-bond acceptors (Lipinski definition) is 10. The minimum absolute atomic E-state index is 0.169. The standard InChI is InChI=1S/C22H19N5O6S/c1-3-31-22(30)19-16(17-9-4-13(2)33-17)11-34-20(19)24-18(28)10-32-21(29)14-5-7-15(8-6-14)27-12-23-25-26-27/h4-9,11-12H,3,10H2,1-2H3,(H,24,28). The molecular weight excluding hydrogens is 462 g/mol. The molecule has 0 aliphatic rings. The molecule has 0 aliphatic carbocycles. The third-order valence-corrected chi connectivity index (χ3v) is 5.48. The predicted molar refractivity (Wildman–Crippen MR) is 121 cm³/mol. The lowest BCUT2D eigenvalue weighted by Crippen LogP contribution is -2.21. The number of aryl methyl sites for hydroxylation is 1. The van der Waals surface area contributed by atoms with Crippen LogP contribution in [0.25, 0.3) is 17.0 Å². The van der Waals surface area contributed by atoms with Gasteiger partial charge < -0.3 is 19.2 Å². The Morgan fingerprint density at radius 3 is 2.53 bits per heavy atom. The fraction of sp³-hybridized carbons (Fsp3) is 0.182. The molecule has 3 heterocycles. The van der Waals surface area contributed by atoms with E-state index in [0.717, 1.165) is 11.3 Å². The van der Waals surface area contributed by atoms with Crippen molar-refractivity contribution >= 4 is 34.2 Å². The molecular formula is C22H19N5O6S. The SMILES string of the molecule is CCOC(=O)c1c(-c2ccc(C)o2)csc1NC(=O)COC(=O)c1ccc(-n2cnnn2)cc1. The van der Waals surface area contributed by atoms with Gasteiger partial charge in [0.25, 0.3) is 5.91 Å². The van der Waals surface area contributed by atoms with Gasteiger partial charge in [-0.05, 0) is 60.7 Å². The highest BCUT2D eigenvalue weighted by atomic mass is 32.1. The average molecular weight is 481 g/mol. The van der Waals surface area contributed by atoms with Crippen molar-refractivity contribution in [1.82, 2.24) is 20.2 Å². The van der Waals surface area contributed by atoms with Gasteiger partial charge in [-0.2, -0.15) is 0 Å². The molecule has 0 fully saturated rings. The monoisotopic (exact) mass is 481 g/mol. The summed E-state index contributed by atoms with van der Waals surface area (Å²) in [5, 5.41) is 15.4. The molecule has 0 atom stereocenters. The molecule has 174 valence electrons. The van der Waals surface area contributed by atoms with Gasteiger partial charge in [0.1, 0.15) is 28.4 Å². The van der Waals surface area contributed by atoms with Crippen molar-refractivity contribution in [1.29, 1.82) is 0 Å². The van der Waals surface area contributed by atoms with Gasteiger partial charge in [-0.25, -0.2) is 14.3 Å². The Morgan fingerprint density at radius 1 is 1.09 bits per heavy atom. The van der Waals surface area contributed by atoms with Crippen LogP contribution in [0.4, 0.5) is 5.00 Å². The molecule has 4 aromatic rings. The lowest BCUT2D eigenvalue weighted by Gasteiger charge is -2.09. The van der Waals surface area contributed by atoms with E-state index in [-0.39, 0.29) is 22.7 Å². The number of carbonyl (C=O) groups is 3. The molecule has 1 N–H and O–H groups in total. The van der Waals surface area contributed by atoms with E-state index in [2.05, 4.69) is 20.8 Å². The zero-order chi connectivity index (χ0) is 24.1. The second-order valence-electron chi connectivity index (χ2n) is 6.91. The van der Waals surface area contributed by atoms with Gasteiger partial charge in [-0.15, -0.1) is 16.4 Å². The topological polar surface area (TPSA) is 138 Å². The molecule has 0 saturated heterocycles. The highest BCUT2D eigenvalue weighted by Gasteiger charge is 2.24. The molecule has 0 bridgehead atoms. The van der Waals surface area contributed by atoms with Gasteiger partial charge in [-0.1, -0.05) is 0 Å². The quantitative estimate of drug-likeness (QED) is 0.376. The van der Waals surface area contributed by atoms with Crippen LogP contribution in [0.1, 0.15) is 33.4 Å². The van der Waals surface area contributed by atoms with E-state index in [1.807, 2.05) is 0 Å². The van der Waals surface area contributed by atoms with E-state index in [9.17, 15) is 14.4 Å². The molecule has 0 unspecified atom stereocenters. The van der Waals surface area contributed by atoms with Crippen LogP contribution < -0.4 is 5.32 Å². The first-order valence-corrected chi connectivity index (χ1v) is 11.0. The van der Waals surface area contributed by atoms with Gasteiger partial charge in [0.15, 0.2) is 6.61 Å². The fourth-order valence-electron chi connectivity index (χ4n) is 3.02. The summed E-state index contributed by atoms with van der Waals surface area (Å²) in [6.07, 6.45) is 1.42. The van der Waals surface area contributed by atoms with E-state index in [0.29, 0.717) is 22.8 Å². The van der Waals surface area contributed by atoms with Crippen LogP contribution >= 0.6 is 11.3 Å². The number of aromatic nitrogens is 4. The normalized spacial score (nSPS) is 10.6. The summed E-state index contributed by atoms with van der Waals surface area (Å²) in [5.41, 5.74) is 1.60.